The van der Waals surface area contributed by atoms with Gasteiger partial charge in [0.15, 0.2) is 0 Å². The number of anilines is 4. The number of nitrogens with zero attached hydrogens (tertiary/aromatic N) is 1. The van der Waals surface area contributed by atoms with Crippen LogP contribution >= 0.6 is 0 Å². The van der Waals surface area contributed by atoms with Gasteiger partial charge in [0.1, 0.15) is 11.3 Å². The number of para-hydroxylation sites is 3. The second-order valence-corrected chi connectivity index (χ2v) is 9.83. The summed E-state index contributed by atoms with van der Waals surface area (Å²) in [4.78, 5) is 2.32. The van der Waals surface area contributed by atoms with Crippen LogP contribution in [0.4, 0.5) is 22.7 Å². The van der Waals surface area contributed by atoms with Gasteiger partial charge in [-0.15, -0.1) is 0 Å². The van der Waals surface area contributed by atoms with Crippen LogP contribution in [-0.4, -0.2) is 0 Å². The maximum Gasteiger partial charge on any atom is 0.137 e. The Morgan fingerprint density at radius 3 is 2.10 bits per heavy atom. The van der Waals surface area contributed by atoms with Crippen LogP contribution in [0.1, 0.15) is 17.7 Å². The Morgan fingerprint density at radius 2 is 1.31 bits per heavy atom. The molecule has 1 aliphatic carbocycles. The zero-order chi connectivity index (χ0) is 26.0. The van der Waals surface area contributed by atoms with Crippen LogP contribution in [0.2, 0.25) is 0 Å². The number of hydrogen-bond donors (Lipinski definition) is 1. The average molecular weight is 505 g/mol. The van der Waals surface area contributed by atoms with Crippen LogP contribution in [0.5, 0.6) is 0 Å². The Kier molecular flexibility index (Phi) is 5.95. The number of fused-ring (bicyclic) bond motifs is 3. The van der Waals surface area contributed by atoms with Gasteiger partial charge >= 0.3 is 0 Å². The molecule has 1 aliphatic rings. The van der Waals surface area contributed by atoms with E-state index in [2.05, 4.69) is 144 Å². The number of allylic oxidation sites excluding steroid dienone is 1. The molecule has 1 N–H and O–H groups in total. The summed E-state index contributed by atoms with van der Waals surface area (Å²) in [6, 6.07) is 46.6. The first-order valence-corrected chi connectivity index (χ1v) is 13.4. The van der Waals surface area contributed by atoms with Crippen molar-refractivity contribution < 1.29 is 4.42 Å². The van der Waals surface area contributed by atoms with Gasteiger partial charge in [0.05, 0.1) is 5.69 Å². The number of benzene rings is 5. The minimum atomic E-state index is 0.879. The lowest BCUT2D eigenvalue weighted by Crippen LogP contribution is -2.11. The summed E-state index contributed by atoms with van der Waals surface area (Å²) in [7, 11) is 0. The van der Waals surface area contributed by atoms with Crippen LogP contribution < -0.4 is 10.2 Å². The summed E-state index contributed by atoms with van der Waals surface area (Å²) in [5, 5.41) is 4.73. The van der Waals surface area contributed by atoms with Gasteiger partial charge in [-0.25, -0.2) is 0 Å². The summed E-state index contributed by atoms with van der Waals surface area (Å²) >= 11 is 0. The van der Waals surface area contributed by atoms with Gasteiger partial charge in [-0.05, 0) is 60.5 Å². The van der Waals surface area contributed by atoms with Gasteiger partial charge in [0.25, 0.3) is 0 Å². The van der Waals surface area contributed by atoms with Crippen molar-refractivity contribution in [2.75, 3.05) is 10.2 Å². The summed E-state index contributed by atoms with van der Waals surface area (Å²) < 4.78 is 6.47. The molecule has 0 aliphatic heterocycles. The molecule has 0 unspecified atom stereocenters. The molecule has 1 heterocycles. The molecule has 0 radical (unpaired) electrons. The van der Waals surface area contributed by atoms with Gasteiger partial charge < -0.3 is 14.6 Å². The fourth-order valence-corrected chi connectivity index (χ4v) is 5.47. The molecular weight excluding hydrogens is 476 g/mol. The normalized spacial score (nSPS) is 12.6. The van der Waals surface area contributed by atoms with Gasteiger partial charge in [0.2, 0.25) is 0 Å². The Bertz CT molecular complexity index is 1770. The van der Waals surface area contributed by atoms with Gasteiger partial charge in [-0.1, -0.05) is 84.9 Å². The van der Waals surface area contributed by atoms with E-state index in [4.69, 9.17) is 4.42 Å². The Morgan fingerprint density at radius 1 is 0.615 bits per heavy atom. The summed E-state index contributed by atoms with van der Waals surface area (Å²) in [5.41, 5.74) is 10.1. The Balaban J connectivity index is 1.33. The average Bonchev–Trinajstić information content (AvgIpc) is 3.36. The minimum absolute atomic E-state index is 0.879. The standard InChI is InChI=1S/C36H28N2O/c1-4-12-26(13-5-1)31-18-10-11-19-34(31)38(29-16-8-3-9-17-29)30-21-22-32-33-24-28(37-27-14-6-2-7-15-27)20-23-35(33)39-36(32)25-30/h1-19,21-22,24-25,37H,20,23H2. The SMILES string of the molecule is C1=C(Nc2ccccc2)CCc2oc3cc(N(c4ccccc4)c4ccccc4-c4ccccc4)ccc3c21. The van der Waals surface area contributed by atoms with Crippen molar-refractivity contribution in [3.8, 4) is 11.1 Å². The molecule has 0 saturated carbocycles. The number of aryl methyl sites for hydroxylation is 1. The van der Waals surface area contributed by atoms with Crippen LogP contribution in [0, 0.1) is 0 Å². The Labute approximate surface area is 228 Å². The molecule has 6 aromatic rings. The third-order valence-electron chi connectivity index (χ3n) is 7.31. The molecule has 0 bridgehead atoms. The van der Waals surface area contributed by atoms with Crippen molar-refractivity contribution >= 4 is 39.8 Å². The zero-order valence-corrected chi connectivity index (χ0v) is 21.5. The number of nitrogens with one attached hydrogen (secondary N) is 1. The van der Waals surface area contributed by atoms with Crippen LogP contribution in [0.3, 0.4) is 0 Å². The largest absolute Gasteiger partial charge is 0.460 e. The van der Waals surface area contributed by atoms with Crippen molar-refractivity contribution in [2.45, 2.75) is 12.8 Å². The molecule has 0 saturated heterocycles. The molecule has 39 heavy (non-hydrogen) atoms. The molecule has 5 aromatic carbocycles. The second kappa shape index (κ2) is 10.0. The van der Waals surface area contributed by atoms with Crippen LogP contribution in [0.25, 0.3) is 28.2 Å². The molecule has 7 rings (SSSR count). The Hall–Kier alpha value is -5.02. The van der Waals surface area contributed by atoms with E-state index < -0.39 is 0 Å². The van der Waals surface area contributed by atoms with Gasteiger partial charge in [0, 0.05) is 51.8 Å². The first-order valence-electron chi connectivity index (χ1n) is 13.4. The monoisotopic (exact) mass is 504 g/mol. The maximum absolute atomic E-state index is 6.47. The fraction of sp³-hybridized carbons (Fsp3) is 0.0556. The molecule has 0 atom stereocenters. The maximum atomic E-state index is 6.47. The fourth-order valence-electron chi connectivity index (χ4n) is 5.47. The highest BCUT2D eigenvalue weighted by Gasteiger charge is 2.21. The van der Waals surface area contributed by atoms with Gasteiger partial charge in [-0.3, -0.25) is 0 Å². The molecule has 0 fully saturated rings. The summed E-state index contributed by atoms with van der Waals surface area (Å²) in [6.07, 6.45) is 4.05. The highest BCUT2D eigenvalue weighted by atomic mass is 16.3. The third-order valence-corrected chi connectivity index (χ3v) is 7.31. The lowest BCUT2D eigenvalue weighted by atomic mass is 9.99. The topological polar surface area (TPSA) is 28.4 Å². The minimum Gasteiger partial charge on any atom is -0.460 e. The molecule has 0 spiro atoms. The smallest absolute Gasteiger partial charge is 0.137 e. The molecule has 0 amide bonds. The quantitative estimate of drug-likeness (QED) is 0.245. The van der Waals surface area contributed by atoms with Crippen molar-refractivity contribution in [3.05, 3.63) is 150 Å². The van der Waals surface area contributed by atoms with E-state index in [1.165, 1.54) is 22.4 Å². The van der Waals surface area contributed by atoms with E-state index in [1.54, 1.807) is 0 Å². The summed E-state index contributed by atoms with van der Waals surface area (Å²) in [5.74, 6) is 1.05. The highest BCUT2D eigenvalue weighted by molar-refractivity contribution is 5.95. The second-order valence-electron chi connectivity index (χ2n) is 9.83. The van der Waals surface area contributed by atoms with E-state index in [1.807, 2.05) is 6.07 Å². The van der Waals surface area contributed by atoms with Crippen LogP contribution in [-0.2, 0) is 6.42 Å². The molecule has 1 aromatic heterocycles. The van der Waals surface area contributed by atoms with Crippen molar-refractivity contribution in [1.82, 2.24) is 0 Å². The van der Waals surface area contributed by atoms with E-state index in [-0.39, 0.29) is 0 Å². The first-order chi connectivity index (χ1) is 19.3. The number of rotatable bonds is 6. The molecule has 188 valence electrons. The molecule has 3 heteroatoms. The van der Waals surface area contributed by atoms with Crippen molar-refractivity contribution in [1.29, 1.82) is 0 Å². The lowest BCUT2D eigenvalue weighted by molar-refractivity contribution is 0.543. The van der Waals surface area contributed by atoms with E-state index in [0.717, 1.165) is 52.3 Å². The zero-order valence-electron chi connectivity index (χ0n) is 21.5. The van der Waals surface area contributed by atoms with Crippen molar-refractivity contribution in [2.24, 2.45) is 0 Å². The van der Waals surface area contributed by atoms with Crippen molar-refractivity contribution in [3.63, 3.8) is 0 Å². The van der Waals surface area contributed by atoms with E-state index >= 15 is 0 Å². The third kappa shape index (κ3) is 4.49. The first kappa shape index (κ1) is 23.1. The molecular formula is C36H28N2O. The van der Waals surface area contributed by atoms with Crippen LogP contribution in [0.15, 0.2) is 144 Å². The predicted octanol–water partition coefficient (Wildman–Crippen LogP) is 9.97. The van der Waals surface area contributed by atoms with Gasteiger partial charge in [-0.2, -0.15) is 0 Å². The predicted molar refractivity (Wildman–Crippen MR) is 163 cm³/mol. The highest BCUT2D eigenvalue weighted by Crippen LogP contribution is 2.43. The van der Waals surface area contributed by atoms with E-state index in [0.29, 0.717) is 0 Å². The number of furan rings is 1. The number of hydrogen-bond acceptors (Lipinski definition) is 3. The molecule has 3 nitrogen and oxygen atoms in total. The lowest BCUT2D eigenvalue weighted by Gasteiger charge is -2.27. The summed E-state index contributed by atoms with van der Waals surface area (Å²) in [6.45, 7) is 0. The van der Waals surface area contributed by atoms with E-state index in [9.17, 15) is 0 Å².